The average Bonchev–Trinajstić information content (AvgIpc) is 3.81. The van der Waals surface area contributed by atoms with Crippen molar-refractivity contribution in [3.63, 3.8) is 0 Å². The van der Waals surface area contributed by atoms with Crippen molar-refractivity contribution in [1.29, 1.82) is 0 Å². The fourth-order valence-corrected chi connectivity index (χ4v) is 13.1. The molecule has 234 valence electrons. The summed E-state index contributed by atoms with van der Waals surface area (Å²) in [6, 6.07) is 17.4. The molecule has 45 heavy (non-hydrogen) atoms. The van der Waals surface area contributed by atoms with Crippen LogP contribution in [0.1, 0.15) is 20.9 Å². The molecule has 1 aliphatic rings. The monoisotopic (exact) mass is 714 g/mol. The third-order valence-corrected chi connectivity index (χ3v) is 15.5. The van der Waals surface area contributed by atoms with Gasteiger partial charge in [-0.15, -0.1) is 22.7 Å². The zero-order valence-electron chi connectivity index (χ0n) is 25.2. The molecular weight excluding hydrogens is 681 g/mol. The maximum atomic E-state index is 6.33. The molecule has 0 unspecified atom stereocenters. The van der Waals surface area contributed by atoms with E-state index in [1.807, 2.05) is 68.0 Å². The lowest BCUT2D eigenvalue weighted by molar-refractivity contribution is -0.0136. The van der Waals surface area contributed by atoms with Crippen molar-refractivity contribution in [3.8, 4) is 29.3 Å². The molecular formula is C34H34O5S6+2. The van der Waals surface area contributed by atoms with E-state index in [2.05, 4.69) is 62.4 Å². The van der Waals surface area contributed by atoms with Gasteiger partial charge in [0.15, 0.2) is 18.8 Å². The zero-order valence-corrected chi connectivity index (χ0v) is 30.1. The number of ether oxygens (including phenoxy) is 5. The van der Waals surface area contributed by atoms with Crippen molar-refractivity contribution in [2.45, 2.75) is 27.1 Å². The van der Waals surface area contributed by atoms with Gasteiger partial charge in [0.25, 0.3) is 8.38 Å². The second kappa shape index (κ2) is 15.0. The minimum absolute atomic E-state index is 0.530. The van der Waals surface area contributed by atoms with E-state index in [4.69, 9.17) is 23.7 Å². The molecule has 0 bridgehead atoms. The normalized spacial score (nSPS) is 16.2. The van der Waals surface area contributed by atoms with E-state index in [1.165, 1.54) is 68.9 Å². The van der Waals surface area contributed by atoms with Crippen molar-refractivity contribution in [2.75, 3.05) is 52.9 Å². The van der Waals surface area contributed by atoms with Crippen molar-refractivity contribution >= 4 is 86.8 Å². The third-order valence-electron chi connectivity index (χ3n) is 7.53. The number of fused-ring (bicyclic) bond motifs is 5. The second-order valence-corrected chi connectivity index (χ2v) is 17.7. The highest BCUT2D eigenvalue weighted by Gasteiger charge is 2.34. The van der Waals surface area contributed by atoms with Crippen molar-refractivity contribution in [1.82, 2.24) is 0 Å². The second-order valence-electron chi connectivity index (χ2n) is 10.5. The fourth-order valence-electron chi connectivity index (χ4n) is 5.31. The molecule has 11 heteroatoms. The lowest BCUT2D eigenvalue weighted by Gasteiger charge is -2.12. The molecule has 0 atom stereocenters. The molecule has 0 fully saturated rings. The first-order valence-electron chi connectivity index (χ1n) is 14.9. The van der Waals surface area contributed by atoms with Gasteiger partial charge in [-0.05, 0) is 38.1 Å². The van der Waals surface area contributed by atoms with Gasteiger partial charge in [-0.25, -0.2) is 0 Å². The molecule has 5 heterocycles. The molecule has 6 aromatic rings. The molecule has 5 nitrogen and oxygen atoms in total. The Balaban J connectivity index is 1.39. The number of aryl methyl sites for hydroxylation is 2. The van der Waals surface area contributed by atoms with Crippen LogP contribution in [-0.4, -0.2) is 52.9 Å². The van der Waals surface area contributed by atoms with Crippen LogP contribution in [0.5, 0.6) is 0 Å². The summed E-state index contributed by atoms with van der Waals surface area (Å²) < 4.78 is 37.8. The Morgan fingerprint density at radius 1 is 0.489 bits per heavy atom. The molecule has 0 N–H and O–H groups in total. The Hall–Kier alpha value is -1.74. The largest absolute Gasteiger partial charge is 0.377 e. The van der Waals surface area contributed by atoms with Gasteiger partial charge in [0.1, 0.15) is 9.75 Å². The lowest BCUT2D eigenvalue weighted by atomic mass is 9.96. The third kappa shape index (κ3) is 7.09. The van der Waals surface area contributed by atoms with E-state index in [1.54, 1.807) is 0 Å². The van der Waals surface area contributed by atoms with Crippen LogP contribution in [0.4, 0.5) is 0 Å². The standard InChI is InChI=1S/C34H34O5S6/c1-21-23-19-38-17-15-36-13-11-35-12-14-37-16-18-39-20-24-22(2)41-32(34-44-27-9-5-6-10-28(27)45-34)30(24)29(23)31(40-21)33-42-25-7-3-4-8-26(25)43-33/h3-10H,11-20H2,1-2H3/q+2. The first kappa shape index (κ1) is 31.8. The van der Waals surface area contributed by atoms with E-state index in [9.17, 15) is 0 Å². The highest BCUT2D eigenvalue weighted by atomic mass is 32.2. The molecule has 0 saturated heterocycles. The lowest BCUT2D eigenvalue weighted by Crippen LogP contribution is -2.13. The zero-order chi connectivity index (χ0) is 30.6. The highest BCUT2D eigenvalue weighted by molar-refractivity contribution is 7.46. The van der Waals surface area contributed by atoms with Gasteiger partial charge in [-0.1, -0.05) is 24.3 Å². The maximum absolute atomic E-state index is 6.33. The minimum Gasteiger partial charge on any atom is -0.377 e. The SMILES string of the molecule is Cc1sc(-c2sc3ccccc3[s+]2)c2c1COCCOCCOCCOCCOCc1c(C)sc(-c3sc4ccccc4[s+]3)c1-2. The van der Waals surface area contributed by atoms with Gasteiger partial charge >= 0.3 is 0 Å². The van der Waals surface area contributed by atoms with Gasteiger partial charge in [-0.3, -0.25) is 0 Å². The Morgan fingerprint density at radius 3 is 1.27 bits per heavy atom. The number of benzene rings is 2. The predicted octanol–water partition coefficient (Wildman–Crippen LogP) is 10.6. The van der Waals surface area contributed by atoms with Crippen LogP contribution in [0.25, 0.3) is 48.1 Å². The summed E-state index contributed by atoms with van der Waals surface area (Å²) >= 11 is 11.3. The number of thiophene rings is 2. The van der Waals surface area contributed by atoms with Crippen LogP contribution < -0.4 is 0 Å². The first-order chi connectivity index (χ1) is 22.2. The van der Waals surface area contributed by atoms with Crippen molar-refractivity contribution in [2.24, 2.45) is 0 Å². The average molecular weight is 715 g/mol. The van der Waals surface area contributed by atoms with Crippen LogP contribution in [0.3, 0.4) is 0 Å². The number of hydrogen-bond acceptors (Lipinski definition) is 9. The molecule has 0 amide bonds. The minimum atomic E-state index is 0.530. The maximum Gasteiger partial charge on any atom is 0.296 e. The summed E-state index contributed by atoms with van der Waals surface area (Å²) in [6.45, 7) is 9.88. The van der Waals surface area contributed by atoms with Crippen LogP contribution in [-0.2, 0) is 36.9 Å². The van der Waals surface area contributed by atoms with Gasteiger partial charge in [0.05, 0.1) is 111 Å². The highest BCUT2D eigenvalue weighted by Crippen LogP contribution is 2.55. The van der Waals surface area contributed by atoms with E-state index < -0.39 is 0 Å². The van der Waals surface area contributed by atoms with E-state index in [-0.39, 0.29) is 0 Å². The van der Waals surface area contributed by atoms with Crippen molar-refractivity contribution < 1.29 is 23.7 Å². The van der Waals surface area contributed by atoms with E-state index >= 15 is 0 Å². The molecule has 4 aromatic heterocycles. The molecule has 1 aliphatic heterocycles. The molecule has 0 radical (unpaired) electrons. The molecule has 0 spiro atoms. The molecule has 2 aromatic carbocycles. The van der Waals surface area contributed by atoms with Crippen LogP contribution in [0.2, 0.25) is 0 Å². The van der Waals surface area contributed by atoms with Crippen LogP contribution in [0, 0.1) is 13.8 Å². The van der Waals surface area contributed by atoms with E-state index in [0.29, 0.717) is 66.1 Å². The molecule has 7 rings (SSSR count). The quantitative estimate of drug-likeness (QED) is 0.167. The summed E-state index contributed by atoms with van der Waals surface area (Å²) in [5.41, 5.74) is 5.11. The first-order valence-corrected chi connectivity index (χ1v) is 19.8. The predicted molar refractivity (Wildman–Crippen MR) is 195 cm³/mol. The Kier molecular flexibility index (Phi) is 10.6. The van der Waals surface area contributed by atoms with Crippen LogP contribution >= 0.6 is 68.0 Å². The van der Waals surface area contributed by atoms with Gasteiger partial charge in [-0.2, -0.15) is 0 Å². The summed E-state index contributed by atoms with van der Waals surface area (Å²) in [6.07, 6.45) is 0. The summed E-state index contributed by atoms with van der Waals surface area (Å²) in [7, 11) is 0. The smallest absolute Gasteiger partial charge is 0.296 e. The molecule has 0 aliphatic carbocycles. The number of rotatable bonds is 2. The van der Waals surface area contributed by atoms with Crippen molar-refractivity contribution in [3.05, 3.63) is 69.4 Å². The Bertz CT molecular complexity index is 1700. The van der Waals surface area contributed by atoms with E-state index in [0.717, 1.165) is 0 Å². The van der Waals surface area contributed by atoms with Gasteiger partial charge in [0.2, 0.25) is 0 Å². The summed E-state index contributed by atoms with van der Waals surface area (Å²) in [5.74, 6) is 0. The van der Waals surface area contributed by atoms with Gasteiger partial charge < -0.3 is 23.7 Å². The topological polar surface area (TPSA) is 46.2 Å². The van der Waals surface area contributed by atoms with Crippen LogP contribution in [0.15, 0.2) is 48.5 Å². The summed E-state index contributed by atoms with van der Waals surface area (Å²) in [5, 5.41) is 0. The Labute approximate surface area is 287 Å². The Morgan fingerprint density at radius 2 is 0.867 bits per heavy atom. The fraction of sp³-hybridized carbons (Fsp3) is 0.353. The summed E-state index contributed by atoms with van der Waals surface area (Å²) in [4.78, 5) is 5.23. The molecule has 0 saturated carbocycles. The number of hydrogen-bond donors (Lipinski definition) is 0. The van der Waals surface area contributed by atoms with Gasteiger partial charge in [0, 0.05) is 32.0 Å².